The first-order chi connectivity index (χ1) is 17.1. The van der Waals surface area contributed by atoms with Crippen LogP contribution in [0.3, 0.4) is 0 Å². The van der Waals surface area contributed by atoms with Gasteiger partial charge in [0.15, 0.2) is 0 Å². The number of methoxy groups -OCH3 is 1. The third-order valence-corrected chi connectivity index (χ3v) is 7.50. The normalized spacial score (nSPS) is 22.9. The Morgan fingerprint density at radius 3 is 2.66 bits per heavy atom. The Labute approximate surface area is 206 Å². The van der Waals surface area contributed by atoms with Crippen molar-refractivity contribution in [3.63, 3.8) is 0 Å². The van der Waals surface area contributed by atoms with Crippen LogP contribution in [0.1, 0.15) is 11.1 Å². The summed E-state index contributed by atoms with van der Waals surface area (Å²) in [5.74, 6) is 0.616. The third kappa shape index (κ3) is 5.60. The van der Waals surface area contributed by atoms with E-state index in [-0.39, 0.29) is 23.7 Å². The fourth-order valence-electron chi connectivity index (χ4n) is 5.55. The molecule has 2 fully saturated rings. The molecule has 0 unspecified atom stereocenters. The van der Waals surface area contributed by atoms with Crippen LogP contribution in [0.2, 0.25) is 0 Å². The molecule has 3 aliphatic rings. The zero-order chi connectivity index (χ0) is 24.2. The molecule has 188 valence electrons. The van der Waals surface area contributed by atoms with E-state index in [1.165, 1.54) is 23.4 Å². The molecule has 0 saturated carbocycles. The van der Waals surface area contributed by atoms with Gasteiger partial charge in [-0.1, -0.05) is 18.2 Å². The molecule has 2 aromatic carbocycles. The van der Waals surface area contributed by atoms with E-state index in [2.05, 4.69) is 32.1 Å². The highest BCUT2D eigenvalue weighted by Crippen LogP contribution is 2.38. The van der Waals surface area contributed by atoms with Crippen LogP contribution >= 0.6 is 0 Å². The van der Waals surface area contributed by atoms with Crippen molar-refractivity contribution >= 4 is 11.6 Å². The molecule has 1 N–H and O–H groups in total. The number of hydrogen-bond donors (Lipinski definition) is 1. The molecule has 3 heterocycles. The maximum absolute atomic E-state index is 13.5. The lowest BCUT2D eigenvalue weighted by atomic mass is 9.83. The summed E-state index contributed by atoms with van der Waals surface area (Å²) >= 11 is 0. The van der Waals surface area contributed by atoms with Gasteiger partial charge in [0.1, 0.15) is 11.6 Å². The number of morpholine rings is 1. The van der Waals surface area contributed by atoms with Gasteiger partial charge < -0.3 is 19.7 Å². The number of halogens is 1. The molecular weight excluding hydrogens is 447 g/mol. The lowest BCUT2D eigenvalue weighted by molar-refractivity contribution is -0.126. The zero-order valence-corrected chi connectivity index (χ0v) is 20.4. The van der Waals surface area contributed by atoms with E-state index in [1.54, 1.807) is 7.11 Å². The summed E-state index contributed by atoms with van der Waals surface area (Å²) in [5.41, 5.74) is 3.46. The summed E-state index contributed by atoms with van der Waals surface area (Å²) in [4.78, 5) is 20.6. The molecule has 2 aromatic rings. The van der Waals surface area contributed by atoms with Crippen molar-refractivity contribution in [3.05, 3.63) is 59.4 Å². The zero-order valence-electron chi connectivity index (χ0n) is 20.4. The summed E-state index contributed by atoms with van der Waals surface area (Å²) in [6.07, 6.45) is 0.717. The van der Waals surface area contributed by atoms with Gasteiger partial charge in [-0.3, -0.25) is 14.6 Å². The topological polar surface area (TPSA) is 57.3 Å². The number of ether oxygens (including phenoxy) is 2. The highest BCUT2D eigenvalue weighted by molar-refractivity contribution is 5.82. The number of carbonyl (C=O) groups excluding carboxylic acids is 1. The fourth-order valence-corrected chi connectivity index (χ4v) is 5.55. The molecule has 7 nitrogen and oxygen atoms in total. The Morgan fingerprint density at radius 1 is 1.09 bits per heavy atom. The second-order valence-electron chi connectivity index (χ2n) is 9.67. The van der Waals surface area contributed by atoms with Gasteiger partial charge in [-0.25, -0.2) is 4.39 Å². The SMILES string of the molecule is COc1ccc2c(c1)N1CCN(Cc3ccc(F)cc3)C[C@H]1[C@H](C(=O)NCCN1CCOCC1)C2. The minimum absolute atomic E-state index is 0.0761. The number of nitrogens with zero attached hydrogens (tertiary/aromatic N) is 3. The number of benzene rings is 2. The standard InChI is InChI=1S/C27H35FN4O3/c1-34-23-7-4-21-16-24(27(33)29-8-9-30-12-14-35-15-13-30)26-19-31(10-11-32(26)25(21)17-23)18-20-2-5-22(28)6-3-20/h2-7,17,24,26H,8-16,18-19H2,1H3,(H,29,33)/t24-,26+/m1/s1. The molecule has 0 radical (unpaired) electrons. The first kappa shape index (κ1) is 24.0. The number of nitrogens with one attached hydrogen (secondary N) is 1. The van der Waals surface area contributed by atoms with Crippen molar-refractivity contribution in [1.82, 2.24) is 15.1 Å². The van der Waals surface area contributed by atoms with Crippen LogP contribution in [0.25, 0.3) is 0 Å². The average Bonchev–Trinajstić information content (AvgIpc) is 2.89. The lowest BCUT2D eigenvalue weighted by Gasteiger charge is -2.49. The molecule has 2 saturated heterocycles. The van der Waals surface area contributed by atoms with Crippen molar-refractivity contribution in [2.75, 3.05) is 71.0 Å². The van der Waals surface area contributed by atoms with Gasteiger partial charge in [0.2, 0.25) is 5.91 Å². The Kier molecular flexibility index (Phi) is 7.51. The Balaban J connectivity index is 1.30. The van der Waals surface area contributed by atoms with E-state index in [9.17, 15) is 9.18 Å². The van der Waals surface area contributed by atoms with E-state index < -0.39 is 0 Å². The summed E-state index contributed by atoms with van der Waals surface area (Å²) in [7, 11) is 1.69. The summed E-state index contributed by atoms with van der Waals surface area (Å²) in [6.45, 7) is 8.12. The van der Waals surface area contributed by atoms with Crippen LogP contribution in [-0.2, 0) is 22.5 Å². The highest BCUT2D eigenvalue weighted by atomic mass is 19.1. The summed E-state index contributed by atoms with van der Waals surface area (Å²) in [5, 5.41) is 3.22. The number of piperazine rings is 1. The number of rotatable bonds is 7. The molecule has 5 rings (SSSR count). The number of carbonyl (C=O) groups is 1. The predicted octanol–water partition coefficient (Wildman–Crippen LogP) is 2.15. The van der Waals surface area contributed by atoms with Crippen molar-refractivity contribution in [2.24, 2.45) is 5.92 Å². The third-order valence-electron chi connectivity index (χ3n) is 7.50. The van der Waals surface area contributed by atoms with Gasteiger partial charge in [-0.2, -0.15) is 0 Å². The van der Waals surface area contributed by atoms with Crippen LogP contribution in [0, 0.1) is 11.7 Å². The molecule has 0 aromatic heterocycles. The number of fused-ring (bicyclic) bond motifs is 3. The van der Waals surface area contributed by atoms with Crippen molar-refractivity contribution in [1.29, 1.82) is 0 Å². The van der Waals surface area contributed by atoms with Gasteiger partial charge in [0.25, 0.3) is 0 Å². The minimum Gasteiger partial charge on any atom is -0.497 e. The smallest absolute Gasteiger partial charge is 0.225 e. The second kappa shape index (κ2) is 10.9. The van der Waals surface area contributed by atoms with Crippen LogP contribution in [-0.4, -0.2) is 87.9 Å². The fraction of sp³-hybridized carbons (Fsp3) is 0.519. The molecule has 2 atom stereocenters. The van der Waals surface area contributed by atoms with Crippen molar-refractivity contribution < 1.29 is 18.7 Å². The number of hydrogen-bond acceptors (Lipinski definition) is 6. The van der Waals surface area contributed by atoms with E-state index in [4.69, 9.17) is 9.47 Å². The lowest BCUT2D eigenvalue weighted by Crippen LogP contribution is -2.61. The predicted molar refractivity (Wildman–Crippen MR) is 133 cm³/mol. The van der Waals surface area contributed by atoms with E-state index in [0.29, 0.717) is 13.0 Å². The van der Waals surface area contributed by atoms with Crippen LogP contribution in [0.4, 0.5) is 10.1 Å². The number of anilines is 1. The Hall–Kier alpha value is -2.68. The monoisotopic (exact) mass is 482 g/mol. The molecule has 1 amide bonds. The van der Waals surface area contributed by atoms with Crippen molar-refractivity contribution in [2.45, 2.75) is 19.0 Å². The van der Waals surface area contributed by atoms with Crippen LogP contribution < -0.4 is 15.0 Å². The van der Waals surface area contributed by atoms with Gasteiger partial charge >= 0.3 is 0 Å². The summed E-state index contributed by atoms with van der Waals surface area (Å²) in [6, 6.07) is 13.0. The largest absolute Gasteiger partial charge is 0.497 e. The molecule has 8 heteroatoms. The molecule has 0 aliphatic carbocycles. The maximum Gasteiger partial charge on any atom is 0.225 e. The molecule has 0 bridgehead atoms. The van der Waals surface area contributed by atoms with E-state index in [0.717, 1.165) is 70.3 Å². The first-order valence-electron chi connectivity index (χ1n) is 12.6. The van der Waals surface area contributed by atoms with E-state index >= 15 is 0 Å². The number of amides is 1. The van der Waals surface area contributed by atoms with Crippen molar-refractivity contribution in [3.8, 4) is 5.75 Å². The van der Waals surface area contributed by atoms with E-state index in [1.807, 2.05) is 18.2 Å². The molecule has 0 spiro atoms. The Morgan fingerprint density at radius 2 is 1.89 bits per heavy atom. The Bertz CT molecular complexity index is 1010. The second-order valence-corrected chi connectivity index (χ2v) is 9.67. The quantitative estimate of drug-likeness (QED) is 0.653. The maximum atomic E-state index is 13.5. The van der Waals surface area contributed by atoms with Gasteiger partial charge in [-0.15, -0.1) is 0 Å². The highest BCUT2D eigenvalue weighted by Gasteiger charge is 2.41. The average molecular weight is 483 g/mol. The summed E-state index contributed by atoms with van der Waals surface area (Å²) < 4.78 is 24.3. The van der Waals surface area contributed by atoms with Gasteiger partial charge in [0, 0.05) is 64.1 Å². The van der Waals surface area contributed by atoms with Gasteiger partial charge in [-0.05, 0) is 35.7 Å². The van der Waals surface area contributed by atoms with Gasteiger partial charge in [0.05, 0.1) is 32.3 Å². The first-order valence-corrected chi connectivity index (χ1v) is 12.6. The molecule has 35 heavy (non-hydrogen) atoms. The van der Waals surface area contributed by atoms with Crippen LogP contribution in [0.5, 0.6) is 5.75 Å². The molecular formula is C27H35FN4O3. The minimum atomic E-state index is -0.217. The molecule has 3 aliphatic heterocycles. The van der Waals surface area contributed by atoms with Crippen LogP contribution in [0.15, 0.2) is 42.5 Å².